The van der Waals surface area contributed by atoms with Crippen LogP contribution >= 0.6 is 0 Å². The van der Waals surface area contributed by atoms with E-state index in [1.165, 1.54) is 12.5 Å². The molecule has 3 heterocycles. The molecule has 0 aliphatic carbocycles. The van der Waals surface area contributed by atoms with Crippen molar-refractivity contribution in [2.45, 2.75) is 32.6 Å². The summed E-state index contributed by atoms with van der Waals surface area (Å²) in [5.74, 6) is 1.68. The largest absolute Gasteiger partial charge is 0.357 e. The highest BCUT2D eigenvalue weighted by molar-refractivity contribution is 5.79. The van der Waals surface area contributed by atoms with E-state index in [1.807, 2.05) is 35.2 Å². The van der Waals surface area contributed by atoms with Crippen LogP contribution in [0.3, 0.4) is 0 Å². The third kappa shape index (κ3) is 4.30. The molecule has 1 amide bonds. The number of anilines is 1. The number of pyridine rings is 1. The molecule has 1 aromatic carbocycles. The van der Waals surface area contributed by atoms with Gasteiger partial charge in [0.2, 0.25) is 5.91 Å². The molecule has 1 atom stereocenters. The van der Waals surface area contributed by atoms with Gasteiger partial charge in [0.15, 0.2) is 5.69 Å². The quantitative estimate of drug-likeness (QED) is 0.561. The Labute approximate surface area is 176 Å². The van der Waals surface area contributed by atoms with Crippen LogP contribution in [0.5, 0.6) is 0 Å². The van der Waals surface area contributed by atoms with Gasteiger partial charge >= 0.3 is 0 Å². The number of benzene rings is 1. The van der Waals surface area contributed by atoms with Crippen LogP contribution in [0.4, 0.5) is 11.5 Å². The van der Waals surface area contributed by atoms with Gasteiger partial charge in [0.25, 0.3) is 5.69 Å². The minimum absolute atomic E-state index is 0.00855. The first-order valence-corrected chi connectivity index (χ1v) is 10.8. The lowest BCUT2D eigenvalue weighted by Crippen LogP contribution is -2.46. The number of amides is 1. The van der Waals surface area contributed by atoms with Crippen LogP contribution < -0.4 is 4.90 Å². The molecule has 30 heavy (non-hydrogen) atoms. The van der Waals surface area contributed by atoms with Crippen molar-refractivity contribution in [1.29, 1.82) is 0 Å². The van der Waals surface area contributed by atoms with Crippen LogP contribution in [0.15, 0.2) is 42.5 Å². The van der Waals surface area contributed by atoms with E-state index in [4.69, 9.17) is 0 Å². The Morgan fingerprint density at radius 3 is 2.47 bits per heavy atom. The number of likely N-dealkylation sites (tertiary alicyclic amines) is 1. The Hall–Kier alpha value is -2.96. The maximum absolute atomic E-state index is 12.9. The molecule has 158 valence electrons. The highest BCUT2D eigenvalue weighted by atomic mass is 16.6. The van der Waals surface area contributed by atoms with Gasteiger partial charge in [-0.3, -0.25) is 14.9 Å². The van der Waals surface area contributed by atoms with E-state index in [0.717, 1.165) is 56.8 Å². The van der Waals surface area contributed by atoms with E-state index in [1.54, 1.807) is 6.07 Å². The number of carbonyl (C=O) groups is 1. The van der Waals surface area contributed by atoms with E-state index in [2.05, 4.69) is 16.8 Å². The molecule has 7 nitrogen and oxygen atoms in total. The summed E-state index contributed by atoms with van der Waals surface area (Å²) in [7, 11) is 0. The smallest absolute Gasteiger partial charge is 0.295 e. The van der Waals surface area contributed by atoms with Crippen molar-refractivity contribution in [3.05, 3.63) is 52.6 Å². The second-order valence-electron chi connectivity index (χ2n) is 8.45. The number of aromatic nitrogens is 1. The first kappa shape index (κ1) is 20.3. The summed E-state index contributed by atoms with van der Waals surface area (Å²) in [5, 5.41) is 11.5. The van der Waals surface area contributed by atoms with E-state index >= 15 is 0 Å². The second-order valence-corrected chi connectivity index (χ2v) is 8.45. The van der Waals surface area contributed by atoms with Crippen molar-refractivity contribution in [2.75, 3.05) is 31.1 Å². The van der Waals surface area contributed by atoms with Crippen molar-refractivity contribution in [3.8, 4) is 11.3 Å². The Morgan fingerprint density at radius 1 is 1.07 bits per heavy atom. The molecule has 0 saturated carbocycles. The summed E-state index contributed by atoms with van der Waals surface area (Å²) in [4.78, 5) is 32.8. The van der Waals surface area contributed by atoms with Gasteiger partial charge in [0, 0.05) is 43.7 Å². The third-order valence-corrected chi connectivity index (χ3v) is 6.24. The Balaban J connectivity index is 1.47. The number of hydrogen-bond acceptors (Lipinski definition) is 5. The summed E-state index contributed by atoms with van der Waals surface area (Å²) in [5.41, 5.74) is 1.13. The predicted molar refractivity (Wildman–Crippen MR) is 116 cm³/mol. The van der Waals surface area contributed by atoms with Crippen molar-refractivity contribution in [3.63, 3.8) is 0 Å². The van der Waals surface area contributed by atoms with Gasteiger partial charge in [0.05, 0.1) is 4.92 Å². The number of nitro groups is 1. The van der Waals surface area contributed by atoms with Crippen LogP contribution in [-0.2, 0) is 4.79 Å². The zero-order valence-corrected chi connectivity index (χ0v) is 17.4. The molecule has 0 spiro atoms. The fourth-order valence-corrected chi connectivity index (χ4v) is 4.58. The molecule has 2 saturated heterocycles. The molecule has 7 heteroatoms. The van der Waals surface area contributed by atoms with Crippen LogP contribution in [0.25, 0.3) is 11.3 Å². The Morgan fingerprint density at radius 2 is 1.80 bits per heavy atom. The van der Waals surface area contributed by atoms with Crippen LogP contribution in [0.2, 0.25) is 0 Å². The topological polar surface area (TPSA) is 79.6 Å². The van der Waals surface area contributed by atoms with Gasteiger partial charge in [-0.1, -0.05) is 37.3 Å². The molecular weight excluding hydrogens is 380 g/mol. The Bertz CT molecular complexity index is 910. The van der Waals surface area contributed by atoms with Crippen molar-refractivity contribution in [2.24, 2.45) is 11.8 Å². The minimum atomic E-state index is -0.385. The van der Waals surface area contributed by atoms with Crippen LogP contribution in [0.1, 0.15) is 32.6 Å². The molecular formula is C23H28N4O3. The molecule has 2 aromatic rings. The van der Waals surface area contributed by atoms with Crippen molar-refractivity contribution in [1.82, 2.24) is 9.88 Å². The van der Waals surface area contributed by atoms with E-state index < -0.39 is 0 Å². The lowest BCUT2D eigenvalue weighted by molar-refractivity contribution is -0.384. The van der Waals surface area contributed by atoms with E-state index in [-0.39, 0.29) is 16.5 Å². The average Bonchev–Trinajstić information content (AvgIpc) is 2.79. The SMILES string of the molecule is CC1CCCN(C(=O)C2CCN(c3ccc([N+](=O)[O-])c(-c4ccccc4)n3)CC2)C1. The molecule has 0 radical (unpaired) electrons. The summed E-state index contributed by atoms with van der Waals surface area (Å²) in [6, 6.07) is 12.5. The molecule has 1 aromatic heterocycles. The molecule has 0 bridgehead atoms. The number of piperidine rings is 2. The second kappa shape index (κ2) is 8.81. The number of nitrogens with zero attached hydrogens (tertiary/aromatic N) is 4. The van der Waals surface area contributed by atoms with Gasteiger partial charge in [-0.05, 0) is 37.7 Å². The molecule has 0 N–H and O–H groups in total. The molecule has 2 aliphatic rings. The minimum Gasteiger partial charge on any atom is -0.357 e. The number of rotatable bonds is 4. The van der Waals surface area contributed by atoms with E-state index in [0.29, 0.717) is 17.5 Å². The van der Waals surface area contributed by atoms with Gasteiger partial charge < -0.3 is 9.80 Å². The fourth-order valence-electron chi connectivity index (χ4n) is 4.58. The average molecular weight is 409 g/mol. The molecule has 4 rings (SSSR count). The lowest BCUT2D eigenvalue weighted by Gasteiger charge is -2.37. The zero-order valence-electron chi connectivity index (χ0n) is 17.4. The lowest BCUT2D eigenvalue weighted by atomic mass is 9.92. The van der Waals surface area contributed by atoms with Gasteiger partial charge in [-0.25, -0.2) is 4.98 Å². The maximum Gasteiger partial charge on any atom is 0.295 e. The summed E-state index contributed by atoms with van der Waals surface area (Å²) < 4.78 is 0. The summed E-state index contributed by atoms with van der Waals surface area (Å²) in [6.07, 6.45) is 3.89. The van der Waals surface area contributed by atoms with E-state index in [9.17, 15) is 14.9 Å². The molecule has 2 aliphatic heterocycles. The van der Waals surface area contributed by atoms with Crippen molar-refractivity contribution >= 4 is 17.4 Å². The summed E-state index contributed by atoms with van der Waals surface area (Å²) >= 11 is 0. The van der Waals surface area contributed by atoms with Gasteiger partial charge in [-0.15, -0.1) is 0 Å². The zero-order chi connectivity index (χ0) is 21.1. The normalized spacial score (nSPS) is 20.2. The van der Waals surface area contributed by atoms with Crippen LogP contribution in [0, 0.1) is 22.0 Å². The standard InChI is InChI=1S/C23H28N4O3/c1-17-6-5-13-26(16-17)23(28)19-11-14-25(15-12-19)21-10-9-20(27(29)30)22(24-21)18-7-3-2-4-8-18/h2-4,7-10,17,19H,5-6,11-16H2,1H3. The Kier molecular flexibility index (Phi) is 5.97. The first-order valence-electron chi connectivity index (χ1n) is 10.8. The first-order chi connectivity index (χ1) is 14.5. The van der Waals surface area contributed by atoms with Crippen LogP contribution in [-0.4, -0.2) is 46.9 Å². The van der Waals surface area contributed by atoms with Gasteiger partial charge in [-0.2, -0.15) is 0 Å². The van der Waals surface area contributed by atoms with Gasteiger partial charge in [0.1, 0.15) is 5.82 Å². The fraction of sp³-hybridized carbons (Fsp3) is 0.478. The number of hydrogen-bond donors (Lipinski definition) is 0. The highest BCUT2D eigenvalue weighted by Gasteiger charge is 2.31. The maximum atomic E-state index is 12.9. The monoisotopic (exact) mass is 408 g/mol. The number of carbonyl (C=O) groups excluding carboxylic acids is 1. The predicted octanol–water partition coefficient (Wildman–Crippen LogP) is 4.13. The highest BCUT2D eigenvalue weighted by Crippen LogP contribution is 2.32. The summed E-state index contributed by atoms with van der Waals surface area (Å²) in [6.45, 7) is 5.45. The third-order valence-electron chi connectivity index (χ3n) is 6.24. The molecule has 1 unspecified atom stereocenters. The van der Waals surface area contributed by atoms with Crippen molar-refractivity contribution < 1.29 is 9.72 Å². The molecule has 2 fully saturated rings.